The van der Waals surface area contributed by atoms with Crippen LogP contribution in [0.2, 0.25) is 0 Å². The van der Waals surface area contributed by atoms with E-state index in [-0.39, 0.29) is 6.61 Å². The molecule has 0 aliphatic rings. The summed E-state index contributed by atoms with van der Waals surface area (Å²) in [6.07, 6.45) is -0.689. The van der Waals surface area contributed by atoms with Crippen LogP contribution in [0, 0.1) is 0 Å². The van der Waals surface area contributed by atoms with Gasteiger partial charge in [-0.3, -0.25) is 0 Å². The summed E-state index contributed by atoms with van der Waals surface area (Å²) in [7, 11) is 1.31. The van der Waals surface area contributed by atoms with E-state index in [4.69, 9.17) is 9.47 Å². The zero-order chi connectivity index (χ0) is 20.9. The van der Waals surface area contributed by atoms with Crippen molar-refractivity contribution in [2.45, 2.75) is 12.6 Å². The maximum atomic E-state index is 12.7. The second-order valence-corrected chi connectivity index (χ2v) is 6.89. The van der Waals surface area contributed by atoms with Gasteiger partial charge in [0, 0.05) is 5.56 Å². The summed E-state index contributed by atoms with van der Waals surface area (Å²) in [5.41, 5.74) is 1.55. The number of benzene rings is 4. The summed E-state index contributed by atoms with van der Waals surface area (Å²) in [5, 5.41) is 6.39. The number of amides is 1. The van der Waals surface area contributed by atoms with Crippen LogP contribution in [0.3, 0.4) is 0 Å². The van der Waals surface area contributed by atoms with Crippen LogP contribution in [0.5, 0.6) is 0 Å². The lowest BCUT2D eigenvalue weighted by molar-refractivity contribution is -0.143. The molecule has 4 rings (SSSR count). The van der Waals surface area contributed by atoms with Crippen LogP contribution in [0.25, 0.3) is 21.5 Å². The first-order valence-electron chi connectivity index (χ1n) is 9.63. The smallest absolute Gasteiger partial charge is 0.408 e. The summed E-state index contributed by atoms with van der Waals surface area (Å²) in [6.45, 7) is 0.108. The van der Waals surface area contributed by atoms with Gasteiger partial charge < -0.3 is 14.8 Å². The Bertz CT molecular complexity index is 1150. The molecule has 0 saturated carbocycles. The topological polar surface area (TPSA) is 64.6 Å². The lowest BCUT2D eigenvalue weighted by Gasteiger charge is -2.21. The zero-order valence-electron chi connectivity index (χ0n) is 16.5. The standard InChI is InChI=1S/C25H21NO4/c1-29-24(27)23(26-25(28)30-16-17-9-3-2-4-10-17)22-20-13-7-5-11-18(20)15-19-12-6-8-14-21(19)22/h2-15,23H,16H2,1H3,(H,26,28). The van der Waals surface area contributed by atoms with Gasteiger partial charge in [0.25, 0.3) is 0 Å². The maximum Gasteiger partial charge on any atom is 0.408 e. The quantitative estimate of drug-likeness (QED) is 0.373. The fraction of sp³-hybridized carbons (Fsp3) is 0.120. The molecule has 0 spiro atoms. The van der Waals surface area contributed by atoms with Crippen LogP contribution in [-0.2, 0) is 20.9 Å². The predicted octanol–water partition coefficient (Wildman–Crippen LogP) is 5.13. The highest BCUT2D eigenvalue weighted by Crippen LogP contribution is 2.33. The molecule has 0 saturated heterocycles. The molecule has 1 amide bonds. The molecule has 1 atom stereocenters. The molecule has 0 aromatic heterocycles. The summed E-state index contributed by atoms with van der Waals surface area (Å²) in [5.74, 6) is -0.562. The maximum absolute atomic E-state index is 12.7. The third kappa shape index (κ3) is 3.96. The molecule has 0 aliphatic heterocycles. The average Bonchev–Trinajstić information content (AvgIpc) is 2.80. The number of hydrogen-bond donors (Lipinski definition) is 1. The lowest BCUT2D eigenvalue weighted by atomic mass is 9.92. The van der Waals surface area contributed by atoms with E-state index in [1.54, 1.807) is 0 Å². The lowest BCUT2D eigenvalue weighted by Crippen LogP contribution is -2.35. The van der Waals surface area contributed by atoms with Crippen LogP contribution >= 0.6 is 0 Å². The second kappa shape index (κ2) is 8.66. The Morgan fingerprint density at radius 3 is 2.00 bits per heavy atom. The second-order valence-electron chi connectivity index (χ2n) is 6.89. The van der Waals surface area contributed by atoms with Crippen LogP contribution in [0.1, 0.15) is 17.2 Å². The highest BCUT2D eigenvalue weighted by Gasteiger charge is 2.28. The summed E-state index contributed by atoms with van der Waals surface area (Å²) in [4.78, 5) is 25.3. The molecule has 1 N–H and O–H groups in total. The van der Waals surface area contributed by atoms with E-state index in [9.17, 15) is 9.59 Å². The number of carbonyl (C=O) groups excluding carboxylic acids is 2. The van der Waals surface area contributed by atoms with Crippen molar-refractivity contribution in [2.24, 2.45) is 0 Å². The van der Waals surface area contributed by atoms with Crippen LogP contribution in [0.4, 0.5) is 4.79 Å². The van der Waals surface area contributed by atoms with Crippen molar-refractivity contribution in [1.82, 2.24) is 5.32 Å². The first kappa shape index (κ1) is 19.5. The monoisotopic (exact) mass is 399 g/mol. The molecule has 0 aliphatic carbocycles. The van der Waals surface area contributed by atoms with E-state index >= 15 is 0 Å². The van der Waals surface area contributed by atoms with Crippen LogP contribution in [0.15, 0.2) is 84.9 Å². The van der Waals surface area contributed by atoms with E-state index in [1.165, 1.54) is 7.11 Å². The Morgan fingerprint density at radius 2 is 1.40 bits per heavy atom. The number of rotatable bonds is 5. The Kier molecular flexibility index (Phi) is 5.61. The van der Waals surface area contributed by atoms with Gasteiger partial charge >= 0.3 is 12.1 Å². The van der Waals surface area contributed by atoms with Crippen molar-refractivity contribution in [3.05, 3.63) is 96.1 Å². The van der Waals surface area contributed by atoms with Gasteiger partial charge in [-0.25, -0.2) is 9.59 Å². The first-order chi connectivity index (χ1) is 14.7. The molecule has 150 valence electrons. The molecule has 0 radical (unpaired) electrons. The first-order valence-corrected chi connectivity index (χ1v) is 9.63. The van der Waals surface area contributed by atoms with E-state index in [1.807, 2.05) is 78.9 Å². The van der Waals surface area contributed by atoms with Gasteiger partial charge in [-0.15, -0.1) is 0 Å². The van der Waals surface area contributed by atoms with Crippen LogP contribution < -0.4 is 5.32 Å². The summed E-state index contributed by atoms with van der Waals surface area (Å²) >= 11 is 0. The molecule has 4 aromatic rings. The van der Waals surface area contributed by atoms with Crippen molar-refractivity contribution in [3.63, 3.8) is 0 Å². The van der Waals surface area contributed by atoms with Gasteiger partial charge in [-0.05, 0) is 33.2 Å². The molecule has 0 bridgehead atoms. The van der Waals surface area contributed by atoms with Crippen molar-refractivity contribution in [1.29, 1.82) is 0 Å². The molecular weight excluding hydrogens is 378 g/mol. The van der Waals surface area contributed by atoms with E-state index in [0.717, 1.165) is 27.1 Å². The van der Waals surface area contributed by atoms with Gasteiger partial charge in [0.15, 0.2) is 6.04 Å². The number of hydrogen-bond acceptors (Lipinski definition) is 4. The number of ether oxygens (including phenoxy) is 2. The van der Waals surface area contributed by atoms with E-state index < -0.39 is 18.1 Å². The number of fused-ring (bicyclic) bond motifs is 2. The third-order valence-corrected chi connectivity index (χ3v) is 5.01. The minimum absolute atomic E-state index is 0.108. The molecule has 4 aromatic carbocycles. The SMILES string of the molecule is COC(=O)C(NC(=O)OCc1ccccc1)c1c2ccccc2cc2ccccc12. The van der Waals surface area contributed by atoms with Crippen molar-refractivity contribution in [3.8, 4) is 0 Å². The Balaban J connectivity index is 1.72. The van der Waals surface area contributed by atoms with Crippen molar-refractivity contribution < 1.29 is 19.1 Å². The minimum Gasteiger partial charge on any atom is -0.467 e. The van der Waals surface area contributed by atoms with Gasteiger partial charge in [0.05, 0.1) is 7.11 Å². The number of alkyl carbamates (subject to hydrolysis) is 1. The average molecular weight is 399 g/mol. The Hall–Kier alpha value is -3.86. The van der Waals surface area contributed by atoms with Crippen molar-refractivity contribution >= 4 is 33.6 Å². The molecule has 1 unspecified atom stereocenters. The third-order valence-electron chi connectivity index (χ3n) is 5.01. The van der Waals surface area contributed by atoms with Gasteiger partial charge in [0.2, 0.25) is 0 Å². The molecular formula is C25H21NO4. The normalized spacial score (nSPS) is 11.8. The molecule has 0 heterocycles. The fourth-order valence-electron chi connectivity index (χ4n) is 3.61. The summed E-state index contributed by atoms with van der Waals surface area (Å²) < 4.78 is 10.4. The van der Waals surface area contributed by atoms with Crippen LogP contribution in [-0.4, -0.2) is 19.2 Å². The van der Waals surface area contributed by atoms with Gasteiger partial charge in [-0.2, -0.15) is 0 Å². The predicted molar refractivity (Wildman–Crippen MR) is 116 cm³/mol. The number of nitrogens with one attached hydrogen (secondary N) is 1. The molecule has 5 heteroatoms. The zero-order valence-corrected chi connectivity index (χ0v) is 16.5. The minimum atomic E-state index is -1.01. The number of esters is 1. The van der Waals surface area contributed by atoms with Gasteiger partial charge in [0.1, 0.15) is 6.61 Å². The van der Waals surface area contributed by atoms with Crippen molar-refractivity contribution in [2.75, 3.05) is 7.11 Å². The molecule has 5 nitrogen and oxygen atoms in total. The highest BCUT2D eigenvalue weighted by atomic mass is 16.6. The molecule has 0 fully saturated rings. The van der Waals surface area contributed by atoms with E-state index in [2.05, 4.69) is 11.4 Å². The Morgan fingerprint density at radius 1 is 0.833 bits per heavy atom. The fourth-order valence-corrected chi connectivity index (χ4v) is 3.61. The van der Waals surface area contributed by atoms with E-state index in [0.29, 0.717) is 5.56 Å². The number of carbonyl (C=O) groups is 2. The molecule has 30 heavy (non-hydrogen) atoms. The van der Waals surface area contributed by atoms with Gasteiger partial charge in [-0.1, -0.05) is 78.9 Å². The number of methoxy groups -OCH3 is 1. The Labute approximate surface area is 174 Å². The largest absolute Gasteiger partial charge is 0.467 e. The highest BCUT2D eigenvalue weighted by molar-refractivity contribution is 6.05. The summed E-state index contributed by atoms with van der Waals surface area (Å²) in [6, 6.07) is 25.9.